The van der Waals surface area contributed by atoms with E-state index in [4.69, 9.17) is 10.5 Å². The quantitative estimate of drug-likeness (QED) is 0.192. The zero-order valence-electron chi connectivity index (χ0n) is 18.5. The molecule has 0 aromatic heterocycles. The number of hydrogen-bond donors (Lipinski definition) is 2. The van der Waals surface area contributed by atoms with Crippen molar-refractivity contribution < 1.29 is 24.2 Å². The summed E-state index contributed by atoms with van der Waals surface area (Å²) >= 11 is 1.25. The molecule has 2 aromatic rings. The van der Waals surface area contributed by atoms with Gasteiger partial charge in [-0.3, -0.25) is 14.4 Å². The number of rotatable bonds is 10. The molecule has 0 aliphatic heterocycles. The van der Waals surface area contributed by atoms with Crippen molar-refractivity contribution >= 4 is 35.0 Å². The van der Waals surface area contributed by atoms with Crippen LogP contribution in [0, 0.1) is 5.92 Å². The fraction of sp³-hybridized carbons (Fsp3) is 0.400. The van der Waals surface area contributed by atoms with Crippen LogP contribution in [0.4, 0.5) is 5.69 Å². The Bertz CT molecular complexity index is 1030. The Morgan fingerprint density at radius 1 is 1.12 bits per heavy atom. The Balaban J connectivity index is 1.67. The maximum atomic E-state index is 13.0. The number of thioether (sulfide) groups is 1. The van der Waals surface area contributed by atoms with Gasteiger partial charge in [-0.05, 0) is 18.4 Å². The number of phenolic OH excluding ortho intramolecular Hbond substituents is 1. The van der Waals surface area contributed by atoms with Gasteiger partial charge in [0.05, 0.1) is 29.8 Å². The molecular weight excluding hydrogens is 426 g/mol. The van der Waals surface area contributed by atoms with Crippen LogP contribution >= 0.6 is 11.8 Å². The highest BCUT2D eigenvalue weighted by atomic mass is 32.2. The molecule has 0 saturated carbocycles. The summed E-state index contributed by atoms with van der Waals surface area (Å²) in [7, 11) is 0. The van der Waals surface area contributed by atoms with E-state index in [-0.39, 0.29) is 51.9 Å². The van der Waals surface area contributed by atoms with E-state index in [0.29, 0.717) is 23.2 Å². The van der Waals surface area contributed by atoms with Gasteiger partial charge >= 0.3 is 5.97 Å². The van der Waals surface area contributed by atoms with Crippen molar-refractivity contribution in [2.24, 2.45) is 5.92 Å². The molecule has 0 spiro atoms. The van der Waals surface area contributed by atoms with Gasteiger partial charge in [0.2, 0.25) is 0 Å². The van der Waals surface area contributed by atoms with E-state index < -0.39 is 5.78 Å². The Morgan fingerprint density at radius 2 is 1.78 bits per heavy atom. The second-order valence-electron chi connectivity index (χ2n) is 7.96. The van der Waals surface area contributed by atoms with Gasteiger partial charge in [0, 0.05) is 21.8 Å². The number of ketones is 2. The predicted molar refractivity (Wildman–Crippen MR) is 125 cm³/mol. The Morgan fingerprint density at radius 3 is 2.41 bits per heavy atom. The van der Waals surface area contributed by atoms with Gasteiger partial charge in [-0.1, -0.05) is 57.4 Å². The highest BCUT2D eigenvalue weighted by Crippen LogP contribution is 2.41. The van der Waals surface area contributed by atoms with Crippen LogP contribution in [0.1, 0.15) is 77.8 Å². The van der Waals surface area contributed by atoms with Crippen LogP contribution in [0.25, 0.3) is 0 Å². The van der Waals surface area contributed by atoms with Gasteiger partial charge in [0.15, 0.2) is 11.6 Å². The van der Waals surface area contributed by atoms with Gasteiger partial charge in [-0.25, -0.2) is 0 Å². The van der Waals surface area contributed by atoms with Crippen molar-refractivity contribution in [3.05, 3.63) is 52.6 Å². The van der Waals surface area contributed by atoms with E-state index in [1.54, 1.807) is 24.3 Å². The van der Waals surface area contributed by atoms with Crippen molar-refractivity contribution in [3.8, 4) is 5.75 Å². The summed E-state index contributed by atoms with van der Waals surface area (Å²) in [5, 5.41) is 10.5. The highest BCUT2D eigenvalue weighted by Gasteiger charge is 2.34. The molecule has 0 heterocycles. The second kappa shape index (κ2) is 10.7. The first kappa shape index (κ1) is 23.9. The summed E-state index contributed by atoms with van der Waals surface area (Å²) in [5.74, 6) is -0.616. The third-order valence-corrected chi connectivity index (χ3v) is 6.82. The Hall–Kier alpha value is -2.80. The molecule has 3 N–H and O–H groups in total. The Kier molecular flexibility index (Phi) is 7.96. The molecule has 0 fully saturated rings. The normalized spacial score (nSPS) is 13.4. The minimum absolute atomic E-state index is 0.0282. The summed E-state index contributed by atoms with van der Waals surface area (Å²) in [5.41, 5.74) is 6.89. The Labute approximate surface area is 192 Å². The lowest BCUT2D eigenvalue weighted by atomic mass is 9.83. The van der Waals surface area contributed by atoms with Crippen LogP contribution in [0.2, 0.25) is 0 Å². The van der Waals surface area contributed by atoms with Crippen LogP contribution < -0.4 is 5.73 Å². The van der Waals surface area contributed by atoms with Crippen molar-refractivity contribution in [1.29, 1.82) is 0 Å². The van der Waals surface area contributed by atoms with Crippen LogP contribution in [0.15, 0.2) is 35.2 Å². The van der Waals surface area contributed by atoms with E-state index in [2.05, 4.69) is 13.8 Å². The average molecular weight is 456 g/mol. The molecule has 6 nitrogen and oxygen atoms in total. The lowest BCUT2D eigenvalue weighted by Gasteiger charge is -2.21. The van der Waals surface area contributed by atoms with Crippen LogP contribution in [-0.4, -0.2) is 35.0 Å². The number of carbonyl (C=O) groups is 3. The minimum Gasteiger partial charge on any atom is -0.507 e. The molecular formula is C25H29NO5S. The molecule has 0 radical (unpaired) electrons. The van der Waals surface area contributed by atoms with Crippen LogP contribution in [0.5, 0.6) is 5.75 Å². The maximum absolute atomic E-state index is 13.0. The zero-order chi connectivity index (χ0) is 23.3. The molecule has 2 aromatic carbocycles. The first-order chi connectivity index (χ1) is 15.4. The standard InChI is InChI=1S/C25H29NO5S/c1-3-5-8-15(4-2)14-31-20(28)11-12-32-19-13-18(27)21-22(23(19)26)25(30)17-10-7-6-9-16(17)24(21)29/h6-7,9-10,13,15,27H,3-5,8,11-12,14,26H2,1-2H3. The average Bonchev–Trinajstić information content (AvgIpc) is 2.79. The van der Waals surface area contributed by atoms with E-state index in [0.717, 1.165) is 25.7 Å². The lowest BCUT2D eigenvalue weighted by molar-refractivity contribution is -0.144. The molecule has 1 atom stereocenters. The summed E-state index contributed by atoms with van der Waals surface area (Å²) < 4.78 is 5.41. The van der Waals surface area contributed by atoms with Gasteiger partial charge in [-0.2, -0.15) is 0 Å². The number of nitrogen functional groups attached to an aromatic ring is 1. The first-order valence-corrected chi connectivity index (χ1v) is 12.0. The topological polar surface area (TPSA) is 107 Å². The fourth-order valence-electron chi connectivity index (χ4n) is 3.82. The lowest BCUT2D eigenvalue weighted by Crippen LogP contribution is -2.22. The number of hydrogen-bond acceptors (Lipinski definition) is 7. The molecule has 0 amide bonds. The maximum Gasteiger partial charge on any atom is 0.306 e. The first-order valence-electron chi connectivity index (χ1n) is 11.0. The number of esters is 1. The van der Waals surface area contributed by atoms with E-state index in [9.17, 15) is 19.5 Å². The number of unbranched alkanes of at least 4 members (excludes halogenated alkanes) is 1. The van der Waals surface area contributed by atoms with Crippen molar-refractivity contribution in [2.75, 3.05) is 18.1 Å². The monoisotopic (exact) mass is 455 g/mol. The minimum atomic E-state index is -0.423. The zero-order valence-corrected chi connectivity index (χ0v) is 19.3. The SMILES string of the molecule is CCCCC(CC)COC(=O)CCSc1cc(O)c2c(c1N)C(=O)c1ccccc1C2=O. The molecule has 0 bridgehead atoms. The molecule has 1 unspecified atom stereocenters. The van der Waals surface area contributed by atoms with Crippen molar-refractivity contribution in [2.45, 2.75) is 50.8 Å². The molecule has 1 aliphatic carbocycles. The smallest absolute Gasteiger partial charge is 0.306 e. The van der Waals surface area contributed by atoms with Gasteiger partial charge in [0.1, 0.15) is 5.75 Å². The summed E-state index contributed by atoms with van der Waals surface area (Å²) in [4.78, 5) is 38.4. The number of nitrogens with two attached hydrogens (primary N) is 1. The third-order valence-electron chi connectivity index (χ3n) is 5.77. The molecule has 32 heavy (non-hydrogen) atoms. The molecule has 0 saturated heterocycles. The van der Waals surface area contributed by atoms with Gasteiger partial charge in [-0.15, -0.1) is 11.8 Å². The van der Waals surface area contributed by atoms with E-state index >= 15 is 0 Å². The largest absolute Gasteiger partial charge is 0.507 e. The van der Waals surface area contributed by atoms with Crippen molar-refractivity contribution in [1.82, 2.24) is 0 Å². The summed E-state index contributed by atoms with van der Waals surface area (Å²) in [6.45, 7) is 4.67. The van der Waals surface area contributed by atoms with Gasteiger partial charge in [0.25, 0.3) is 0 Å². The molecule has 1 aliphatic rings. The predicted octanol–water partition coefficient (Wildman–Crippen LogP) is 4.99. The van der Waals surface area contributed by atoms with Crippen LogP contribution in [-0.2, 0) is 9.53 Å². The number of anilines is 1. The second-order valence-corrected chi connectivity index (χ2v) is 9.10. The van der Waals surface area contributed by atoms with E-state index in [1.165, 1.54) is 17.8 Å². The number of ether oxygens (including phenoxy) is 1. The summed E-state index contributed by atoms with van der Waals surface area (Å²) in [6.07, 6.45) is 4.45. The number of fused-ring (bicyclic) bond motifs is 2. The number of benzene rings is 2. The van der Waals surface area contributed by atoms with Crippen LogP contribution in [0.3, 0.4) is 0 Å². The number of aromatic hydroxyl groups is 1. The molecule has 7 heteroatoms. The fourth-order valence-corrected chi connectivity index (χ4v) is 4.76. The third kappa shape index (κ3) is 4.99. The van der Waals surface area contributed by atoms with Crippen molar-refractivity contribution in [3.63, 3.8) is 0 Å². The van der Waals surface area contributed by atoms with E-state index in [1.807, 2.05) is 0 Å². The molecule has 170 valence electrons. The number of carbonyl (C=O) groups excluding carboxylic acids is 3. The summed E-state index contributed by atoms with van der Waals surface area (Å²) in [6, 6.07) is 7.88. The number of phenols is 1. The highest BCUT2D eigenvalue weighted by molar-refractivity contribution is 7.99. The molecule has 3 rings (SSSR count). The van der Waals surface area contributed by atoms with Gasteiger partial charge < -0.3 is 15.6 Å².